The van der Waals surface area contributed by atoms with Crippen molar-refractivity contribution >= 4 is 7.60 Å². The smallest absolute Gasteiger partial charge is 0.306 e. The zero-order valence-corrected chi connectivity index (χ0v) is 20.0. The number of rotatable bonds is 8. The Bertz CT molecular complexity index is 619. The van der Waals surface area contributed by atoms with Gasteiger partial charge in [0.2, 0.25) is 0 Å². The van der Waals surface area contributed by atoms with Crippen LogP contribution in [0.4, 0.5) is 0 Å². The minimum Gasteiger partial charge on any atom is -0.306 e. The van der Waals surface area contributed by atoms with Gasteiger partial charge in [-0.3, -0.25) is 4.57 Å². The van der Waals surface area contributed by atoms with Crippen molar-refractivity contribution in [2.45, 2.75) is 99.4 Å². The molecule has 0 radical (unpaired) electrons. The van der Waals surface area contributed by atoms with Crippen molar-refractivity contribution < 1.29 is 13.6 Å². The fourth-order valence-corrected chi connectivity index (χ4v) is 5.69. The van der Waals surface area contributed by atoms with E-state index in [-0.39, 0.29) is 11.5 Å². The molecule has 27 heavy (non-hydrogen) atoms. The van der Waals surface area contributed by atoms with E-state index in [0.29, 0.717) is 18.0 Å². The highest BCUT2D eigenvalue weighted by molar-refractivity contribution is 7.53. The average molecular weight is 397 g/mol. The molecule has 0 aromatic heterocycles. The molecule has 0 saturated heterocycles. The summed E-state index contributed by atoms with van der Waals surface area (Å²) in [7, 11) is -3.21. The maximum atomic E-state index is 13.3. The van der Waals surface area contributed by atoms with E-state index in [2.05, 4.69) is 58.9 Å². The molecular formula is C23H41O3P. The lowest BCUT2D eigenvalue weighted by Gasteiger charge is -2.33. The van der Waals surface area contributed by atoms with Gasteiger partial charge in [-0.1, -0.05) is 58.9 Å². The molecule has 0 aliphatic rings. The van der Waals surface area contributed by atoms with E-state index in [1.54, 1.807) is 0 Å². The molecule has 1 aromatic carbocycles. The highest BCUT2D eigenvalue weighted by atomic mass is 31.2. The molecule has 1 rings (SSSR count). The first-order chi connectivity index (χ1) is 12.1. The van der Waals surface area contributed by atoms with Gasteiger partial charge in [-0.2, -0.15) is 0 Å². The van der Waals surface area contributed by atoms with Crippen molar-refractivity contribution in [1.82, 2.24) is 0 Å². The molecule has 1 aromatic rings. The molecule has 0 heterocycles. The van der Waals surface area contributed by atoms with Gasteiger partial charge in [0, 0.05) is 0 Å². The molecule has 2 unspecified atom stereocenters. The summed E-state index contributed by atoms with van der Waals surface area (Å²) in [5.74, 6) is 1.14. The van der Waals surface area contributed by atoms with Gasteiger partial charge in [-0.25, -0.2) is 0 Å². The van der Waals surface area contributed by atoms with Gasteiger partial charge in [-0.15, -0.1) is 0 Å². The SMILES string of the molecule is CC(C)CC(c1ccc(CP(=O)(OC(C)C)OC(C)(C)C)cc1)C(C)(C)C. The predicted octanol–water partition coefficient (Wildman–Crippen LogP) is 7.80. The van der Waals surface area contributed by atoms with E-state index in [1.165, 1.54) is 5.56 Å². The van der Waals surface area contributed by atoms with Crippen LogP contribution >= 0.6 is 7.60 Å². The molecule has 0 saturated carbocycles. The van der Waals surface area contributed by atoms with E-state index in [0.717, 1.165) is 12.0 Å². The summed E-state index contributed by atoms with van der Waals surface area (Å²) in [6.07, 6.45) is 1.31. The van der Waals surface area contributed by atoms with Crippen LogP contribution in [0, 0.1) is 11.3 Å². The zero-order valence-electron chi connectivity index (χ0n) is 19.1. The molecular weight excluding hydrogens is 355 g/mol. The van der Waals surface area contributed by atoms with Gasteiger partial charge in [0.05, 0.1) is 17.9 Å². The van der Waals surface area contributed by atoms with Crippen LogP contribution in [0.3, 0.4) is 0 Å². The Labute approximate surface area is 167 Å². The minimum atomic E-state index is -3.21. The third-order valence-electron chi connectivity index (χ3n) is 4.30. The molecule has 2 atom stereocenters. The van der Waals surface area contributed by atoms with Crippen LogP contribution in [0.5, 0.6) is 0 Å². The zero-order chi connectivity index (χ0) is 21.0. The van der Waals surface area contributed by atoms with Gasteiger partial charge < -0.3 is 9.05 Å². The van der Waals surface area contributed by atoms with Crippen molar-refractivity contribution in [3.05, 3.63) is 35.4 Å². The highest BCUT2D eigenvalue weighted by Gasteiger charge is 2.32. The third-order valence-corrected chi connectivity index (χ3v) is 6.62. The summed E-state index contributed by atoms with van der Waals surface area (Å²) in [4.78, 5) is 0. The summed E-state index contributed by atoms with van der Waals surface area (Å²) >= 11 is 0. The minimum absolute atomic E-state index is 0.145. The molecule has 4 heteroatoms. The van der Waals surface area contributed by atoms with Crippen molar-refractivity contribution in [1.29, 1.82) is 0 Å². The second kappa shape index (κ2) is 9.25. The molecule has 0 N–H and O–H groups in total. The van der Waals surface area contributed by atoms with Gasteiger partial charge in [-0.05, 0) is 69.4 Å². The van der Waals surface area contributed by atoms with Crippen LogP contribution in [-0.4, -0.2) is 11.7 Å². The van der Waals surface area contributed by atoms with E-state index >= 15 is 0 Å². The fraction of sp³-hybridized carbons (Fsp3) is 0.739. The largest absolute Gasteiger partial charge is 0.335 e. The number of hydrogen-bond donors (Lipinski definition) is 0. The maximum Gasteiger partial charge on any atom is 0.335 e. The van der Waals surface area contributed by atoms with E-state index in [4.69, 9.17) is 9.05 Å². The Balaban J connectivity index is 3.06. The molecule has 0 bridgehead atoms. The average Bonchev–Trinajstić information content (AvgIpc) is 2.41. The van der Waals surface area contributed by atoms with Crippen LogP contribution in [0.15, 0.2) is 24.3 Å². The van der Waals surface area contributed by atoms with Crippen LogP contribution in [-0.2, 0) is 19.8 Å². The monoisotopic (exact) mass is 396 g/mol. The lowest BCUT2D eigenvalue weighted by Crippen LogP contribution is -2.21. The molecule has 0 fully saturated rings. The summed E-state index contributed by atoms with van der Waals surface area (Å²) in [6, 6.07) is 8.53. The van der Waals surface area contributed by atoms with Crippen molar-refractivity contribution in [2.75, 3.05) is 0 Å². The normalized spacial score (nSPS) is 16.6. The molecule has 3 nitrogen and oxygen atoms in total. The quantitative estimate of drug-likeness (QED) is 0.421. The Kier molecular flexibility index (Phi) is 8.36. The molecule has 0 aliphatic heterocycles. The number of hydrogen-bond acceptors (Lipinski definition) is 3. The van der Waals surface area contributed by atoms with Gasteiger partial charge in [0.1, 0.15) is 0 Å². The van der Waals surface area contributed by atoms with E-state index in [9.17, 15) is 4.57 Å². The van der Waals surface area contributed by atoms with Crippen molar-refractivity contribution in [3.63, 3.8) is 0 Å². The van der Waals surface area contributed by atoms with Gasteiger partial charge >= 0.3 is 7.60 Å². The highest BCUT2D eigenvalue weighted by Crippen LogP contribution is 2.55. The topological polar surface area (TPSA) is 35.5 Å². The van der Waals surface area contributed by atoms with Crippen LogP contribution in [0.1, 0.15) is 92.7 Å². The Morgan fingerprint density at radius 3 is 1.81 bits per heavy atom. The third kappa shape index (κ3) is 8.94. The molecule has 156 valence electrons. The summed E-state index contributed by atoms with van der Waals surface area (Å²) < 4.78 is 24.9. The van der Waals surface area contributed by atoms with Crippen molar-refractivity contribution in [3.8, 4) is 0 Å². The first kappa shape index (κ1) is 24.4. The predicted molar refractivity (Wildman–Crippen MR) is 116 cm³/mol. The molecule has 0 spiro atoms. The van der Waals surface area contributed by atoms with Gasteiger partial charge in [0.25, 0.3) is 0 Å². The lowest BCUT2D eigenvalue weighted by molar-refractivity contribution is 0.0816. The summed E-state index contributed by atoms with van der Waals surface area (Å²) in [5, 5.41) is 0. The standard InChI is InChI=1S/C23H41O3P/c1-17(2)15-21(22(5,6)7)20-13-11-19(12-14-20)16-27(24,25-18(3)4)26-23(8,9)10/h11-14,17-18,21H,15-16H2,1-10H3. The maximum absolute atomic E-state index is 13.3. The summed E-state index contributed by atoms with van der Waals surface area (Å²) in [5.41, 5.74) is 2.02. The second-order valence-corrected chi connectivity index (χ2v) is 12.3. The Hall–Kier alpha value is -0.630. The van der Waals surface area contributed by atoms with E-state index < -0.39 is 13.2 Å². The lowest BCUT2D eigenvalue weighted by atomic mass is 9.72. The summed E-state index contributed by atoms with van der Waals surface area (Å²) in [6.45, 7) is 21.0. The first-order valence-corrected chi connectivity index (χ1v) is 11.9. The second-order valence-electron chi connectivity index (χ2n) is 10.4. The van der Waals surface area contributed by atoms with Crippen LogP contribution in [0.2, 0.25) is 0 Å². The first-order valence-electron chi connectivity index (χ1n) is 10.2. The Morgan fingerprint density at radius 2 is 1.44 bits per heavy atom. The molecule has 0 amide bonds. The van der Waals surface area contributed by atoms with E-state index in [1.807, 2.05) is 34.6 Å². The fourth-order valence-electron chi connectivity index (χ4n) is 3.37. The van der Waals surface area contributed by atoms with Crippen LogP contribution < -0.4 is 0 Å². The Morgan fingerprint density at radius 1 is 0.926 bits per heavy atom. The number of benzene rings is 1. The van der Waals surface area contributed by atoms with Gasteiger partial charge in [0.15, 0.2) is 0 Å². The van der Waals surface area contributed by atoms with Crippen molar-refractivity contribution in [2.24, 2.45) is 11.3 Å². The van der Waals surface area contributed by atoms with Crippen LogP contribution in [0.25, 0.3) is 0 Å². The molecule has 0 aliphatic carbocycles.